The molecule has 34 heavy (non-hydrogen) atoms. The van der Waals surface area contributed by atoms with Crippen molar-refractivity contribution in [1.29, 1.82) is 5.26 Å². The zero-order valence-electron chi connectivity index (χ0n) is 19.7. The van der Waals surface area contributed by atoms with Crippen LogP contribution in [-0.2, 0) is 20.9 Å². The van der Waals surface area contributed by atoms with Gasteiger partial charge in [0.1, 0.15) is 17.4 Å². The van der Waals surface area contributed by atoms with E-state index in [0.717, 1.165) is 28.4 Å². The molecule has 0 aliphatic rings. The van der Waals surface area contributed by atoms with Crippen LogP contribution in [0.5, 0.6) is 5.75 Å². The summed E-state index contributed by atoms with van der Waals surface area (Å²) in [7, 11) is 1.61. The van der Waals surface area contributed by atoms with Crippen molar-refractivity contribution in [2.45, 2.75) is 33.4 Å². The SMILES string of the molecule is COc1ccc(-n2c(C)cc(/C=C(\C#N)C(=O)OC(C)C(=O)NCc3ccccc3)c2C)cc1. The number of carbonyl (C=O) groups is 2. The Kier molecular flexibility index (Phi) is 7.88. The molecule has 1 atom stereocenters. The van der Waals surface area contributed by atoms with Gasteiger partial charge >= 0.3 is 5.97 Å². The zero-order valence-corrected chi connectivity index (χ0v) is 19.7. The molecule has 0 bridgehead atoms. The first-order valence-corrected chi connectivity index (χ1v) is 10.8. The van der Waals surface area contributed by atoms with Crippen molar-refractivity contribution in [3.05, 3.63) is 88.8 Å². The third-order valence-corrected chi connectivity index (χ3v) is 5.40. The molecule has 0 saturated carbocycles. The van der Waals surface area contributed by atoms with E-state index in [9.17, 15) is 14.9 Å². The third-order valence-electron chi connectivity index (χ3n) is 5.40. The summed E-state index contributed by atoms with van der Waals surface area (Å²) in [5.74, 6) is -0.533. The number of carbonyl (C=O) groups excluding carboxylic acids is 2. The number of nitrogens with zero attached hydrogens (tertiary/aromatic N) is 2. The van der Waals surface area contributed by atoms with Crippen molar-refractivity contribution in [2.24, 2.45) is 0 Å². The Morgan fingerprint density at radius 1 is 1.12 bits per heavy atom. The molecule has 3 aromatic rings. The number of methoxy groups -OCH3 is 1. The van der Waals surface area contributed by atoms with Crippen LogP contribution in [0.25, 0.3) is 11.8 Å². The van der Waals surface area contributed by atoms with Gasteiger partial charge in [0.25, 0.3) is 5.91 Å². The fourth-order valence-electron chi connectivity index (χ4n) is 3.56. The fraction of sp³-hybridized carbons (Fsp3) is 0.222. The summed E-state index contributed by atoms with van der Waals surface area (Å²) in [5.41, 5.74) is 4.19. The van der Waals surface area contributed by atoms with Crippen molar-refractivity contribution < 1.29 is 19.1 Å². The van der Waals surface area contributed by atoms with Crippen molar-refractivity contribution in [2.75, 3.05) is 7.11 Å². The number of ether oxygens (including phenoxy) is 2. The van der Waals surface area contributed by atoms with E-state index in [-0.39, 0.29) is 5.57 Å². The Morgan fingerprint density at radius 3 is 2.41 bits per heavy atom. The lowest BCUT2D eigenvalue weighted by Gasteiger charge is -2.13. The second-order valence-corrected chi connectivity index (χ2v) is 7.78. The number of nitrogens with one attached hydrogen (secondary N) is 1. The molecule has 3 rings (SSSR count). The summed E-state index contributed by atoms with van der Waals surface area (Å²) < 4.78 is 12.5. The molecule has 7 heteroatoms. The van der Waals surface area contributed by atoms with Gasteiger partial charge in [-0.15, -0.1) is 0 Å². The third kappa shape index (κ3) is 5.73. The van der Waals surface area contributed by atoms with Gasteiger partial charge in [0.2, 0.25) is 0 Å². The van der Waals surface area contributed by atoms with Crippen LogP contribution < -0.4 is 10.1 Å². The van der Waals surface area contributed by atoms with Crippen LogP contribution in [0.2, 0.25) is 0 Å². The van der Waals surface area contributed by atoms with E-state index in [1.807, 2.05) is 85.1 Å². The summed E-state index contributed by atoms with van der Waals surface area (Å²) in [4.78, 5) is 24.9. The molecule has 1 N–H and O–H groups in total. The van der Waals surface area contributed by atoms with E-state index in [1.54, 1.807) is 7.11 Å². The smallest absolute Gasteiger partial charge is 0.349 e. The molecule has 7 nitrogen and oxygen atoms in total. The van der Waals surface area contributed by atoms with Gasteiger partial charge in [0, 0.05) is 23.6 Å². The van der Waals surface area contributed by atoms with Crippen molar-refractivity contribution in [3.63, 3.8) is 0 Å². The highest BCUT2D eigenvalue weighted by Crippen LogP contribution is 2.24. The lowest BCUT2D eigenvalue weighted by atomic mass is 10.1. The summed E-state index contributed by atoms with van der Waals surface area (Å²) in [6, 6.07) is 20.8. The quantitative estimate of drug-likeness (QED) is 0.310. The molecular formula is C27H27N3O4. The molecule has 0 saturated heterocycles. The fourth-order valence-corrected chi connectivity index (χ4v) is 3.56. The van der Waals surface area contributed by atoms with Gasteiger partial charge in [-0.1, -0.05) is 30.3 Å². The maximum atomic E-state index is 12.6. The number of rotatable bonds is 8. The van der Waals surface area contributed by atoms with Crippen LogP contribution >= 0.6 is 0 Å². The van der Waals surface area contributed by atoms with Gasteiger partial charge in [-0.2, -0.15) is 5.26 Å². The summed E-state index contributed by atoms with van der Waals surface area (Å²) in [6.07, 6.45) is 0.443. The minimum Gasteiger partial charge on any atom is -0.497 e. The molecule has 0 aliphatic heterocycles. The van der Waals surface area contributed by atoms with Crippen LogP contribution in [0, 0.1) is 25.2 Å². The Balaban J connectivity index is 1.72. The van der Waals surface area contributed by atoms with Crippen LogP contribution in [0.1, 0.15) is 29.4 Å². The van der Waals surface area contributed by atoms with Crippen molar-refractivity contribution in [3.8, 4) is 17.5 Å². The van der Waals surface area contributed by atoms with Crippen molar-refractivity contribution in [1.82, 2.24) is 9.88 Å². The van der Waals surface area contributed by atoms with E-state index < -0.39 is 18.0 Å². The number of nitriles is 1. The van der Waals surface area contributed by atoms with E-state index in [0.29, 0.717) is 12.1 Å². The summed E-state index contributed by atoms with van der Waals surface area (Å²) in [5, 5.41) is 12.3. The monoisotopic (exact) mass is 457 g/mol. The average molecular weight is 458 g/mol. The molecule has 1 unspecified atom stereocenters. The lowest BCUT2D eigenvalue weighted by Crippen LogP contribution is -2.35. The number of aromatic nitrogens is 1. The molecule has 0 aliphatic carbocycles. The number of aryl methyl sites for hydroxylation is 1. The normalized spacial score (nSPS) is 11.9. The van der Waals surface area contributed by atoms with E-state index in [4.69, 9.17) is 9.47 Å². The minimum atomic E-state index is -1.04. The van der Waals surface area contributed by atoms with E-state index in [2.05, 4.69) is 5.32 Å². The Hall–Kier alpha value is -4.31. The average Bonchev–Trinajstić information content (AvgIpc) is 3.13. The molecular weight excluding hydrogens is 430 g/mol. The number of hydrogen-bond acceptors (Lipinski definition) is 5. The number of esters is 1. The Bertz CT molecular complexity index is 1240. The molecule has 0 fully saturated rings. The first-order valence-electron chi connectivity index (χ1n) is 10.8. The molecule has 1 amide bonds. The van der Waals surface area contributed by atoms with Crippen LogP contribution in [-0.4, -0.2) is 29.7 Å². The molecule has 1 heterocycles. The standard InChI is InChI=1S/C27H27N3O4/c1-18-14-22(19(2)30(18)24-10-12-25(33-4)13-11-24)15-23(16-28)27(32)34-20(3)26(31)29-17-21-8-6-5-7-9-21/h5-15,20H,17H2,1-4H3,(H,29,31)/b23-15+. The van der Waals surface area contributed by atoms with Crippen LogP contribution in [0.15, 0.2) is 66.2 Å². The predicted molar refractivity (Wildman–Crippen MR) is 129 cm³/mol. The zero-order chi connectivity index (χ0) is 24.7. The summed E-state index contributed by atoms with van der Waals surface area (Å²) >= 11 is 0. The van der Waals surface area contributed by atoms with Gasteiger partial charge in [0.15, 0.2) is 6.10 Å². The highest BCUT2D eigenvalue weighted by Gasteiger charge is 2.21. The molecule has 174 valence electrons. The van der Waals surface area contributed by atoms with Gasteiger partial charge in [-0.25, -0.2) is 4.79 Å². The van der Waals surface area contributed by atoms with Crippen LogP contribution in [0.3, 0.4) is 0 Å². The number of benzene rings is 2. The minimum absolute atomic E-state index is 0.183. The maximum absolute atomic E-state index is 12.6. The Labute approximate surface area is 199 Å². The first-order chi connectivity index (χ1) is 16.3. The van der Waals surface area contributed by atoms with E-state index in [1.165, 1.54) is 13.0 Å². The predicted octanol–water partition coefficient (Wildman–Crippen LogP) is 4.26. The van der Waals surface area contributed by atoms with Gasteiger partial charge in [-0.05, 0) is 68.3 Å². The molecule has 2 aromatic carbocycles. The highest BCUT2D eigenvalue weighted by molar-refractivity contribution is 5.99. The number of amides is 1. The van der Waals surface area contributed by atoms with Gasteiger partial charge < -0.3 is 19.4 Å². The Morgan fingerprint density at radius 2 is 1.79 bits per heavy atom. The lowest BCUT2D eigenvalue weighted by molar-refractivity contribution is -0.150. The second kappa shape index (κ2) is 11.0. The number of hydrogen-bond donors (Lipinski definition) is 1. The van der Waals surface area contributed by atoms with Crippen molar-refractivity contribution >= 4 is 18.0 Å². The van der Waals surface area contributed by atoms with E-state index >= 15 is 0 Å². The largest absolute Gasteiger partial charge is 0.497 e. The summed E-state index contributed by atoms with van der Waals surface area (Å²) in [6.45, 7) is 5.64. The van der Waals surface area contributed by atoms with Gasteiger partial charge in [-0.3, -0.25) is 4.79 Å². The van der Waals surface area contributed by atoms with Crippen LogP contribution in [0.4, 0.5) is 0 Å². The van der Waals surface area contributed by atoms with Gasteiger partial charge in [0.05, 0.1) is 7.11 Å². The molecule has 0 radical (unpaired) electrons. The first kappa shape index (κ1) is 24.3. The second-order valence-electron chi connectivity index (χ2n) is 7.78. The molecule has 1 aromatic heterocycles. The highest BCUT2D eigenvalue weighted by atomic mass is 16.5. The molecule has 0 spiro atoms. The topological polar surface area (TPSA) is 93.3 Å². The maximum Gasteiger partial charge on any atom is 0.349 e.